The van der Waals surface area contributed by atoms with Gasteiger partial charge in [-0.15, -0.1) is 0 Å². The maximum Gasteiger partial charge on any atom is 0.161 e. The molecule has 1 aromatic heterocycles. The quantitative estimate of drug-likeness (QED) is 0.571. The summed E-state index contributed by atoms with van der Waals surface area (Å²) in [4.78, 5) is 8.90. The summed E-state index contributed by atoms with van der Waals surface area (Å²) >= 11 is 8.34. The maximum atomic E-state index is 6.17. The van der Waals surface area contributed by atoms with Gasteiger partial charge >= 0.3 is 0 Å². The maximum absolute atomic E-state index is 6.17. The monoisotopic (exact) mass is 404 g/mol. The van der Waals surface area contributed by atoms with Crippen molar-refractivity contribution >= 4 is 34.2 Å². The molecule has 1 aromatic carbocycles. The Bertz CT molecular complexity index is 613. The zero-order valence-corrected chi connectivity index (χ0v) is 14.3. The second-order valence-electron chi connectivity index (χ2n) is 4.05. The highest BCUT2D eigenvalue weighted by Crippen LogP contribution is 2.30. The largest absolute Gasteiger partial charge is 0.497 e. The Balaban J connectivity index is 2.58. The second kappa shape index (κ2) is 6.58. The van der Waals surface area contributed by atoms with Gasteiger partial charge in [-0.25, -0.2) is 9.97 Å². The molecule has 0 amide bonds. The zero-order valence-electron chi connectivity index (χ0n) is 11.4. The fourth-order valence-corrected chi connectivity index (χ4v) is 2.57. The Hall–Kier alpha value is -1.08. The van der Waals surface area contributed by atoms with Crippen LogP contribution in [0.3, 0.4) is 0 Å². The van der Waals surface area contributed by atoms with Gasteiger partial charge in [0.1, 0.15) is 16.7 Å². The molecule has 6 heteroatoms. The number of hydrogen-bond acceptors (Lipinski definition) is 4. The summed E-state index contributed by atoms with van der Waals surface area (Å²) in [5.74, 6) is 1.95. The van der Waals surface area contributed by atoms with Gasteiger partial charge in [-0.2, -0.15) is 0 Å². The molecule has 0 atom stereocenters. The van der Waals surface area contributed by atoms with Gasteiger partial charge in [0.25, 0.3) is 0 Å². The lowest BCUT2D eigenvalue weighted by atomic mass is 10.2. The van der Waals surface area contributed by atoms with Crippen LogP contribution in [0.15, 0.2) is 18.2 Å². The third-order valence-corrected chi connectivity index (χ3v) is 4.55. The number of halogens is 2. The standard InChI is InChI=1S/C14H14ClIN2O2/c1-4-11-12(16)13(15)18-14(17-11)8-5-9(19-2)7-10(6-8)20-3/h5-7H,4H2,1-3H3. The molecule has 0 radical (unpaired) electrons. The van der Waals surface area contributed by atoms with Crippen molar-refractivity contribution in [1.82, 2.24) is 9.97 Å². The molecule has 0 aliphatic carbocycles. The Morgan fingerprint density at radius 1 is 1.10 bits per heavy atom. The fraction of sp³-hybridized carbons (Fsp3) is 0.286. The summed E-state index contributed by atoms with van der Waals surface area (Å²) in [6, 6.07) is 5.53. The molecule has 0 unspecified atom stereocenters. The van der Waals surface area contributed by atoms with E-state index >= 15 is 0 Å². The number of ether oxygens (including phenoxy) is 2. The number of nitrogens with zero attached hydrogens (tertiary/aromatic N) is 2. The Morgan fingerprint density at radius 3 is 2.20 bits per heavy atom. The van der Waals surface area contributed by atoms with Crippen LogP contribution in [-0.4, -0.2) is 24.2 Å². The van der Waals surface area contributed by atoms with Crippen LogP contribution in [0.25, 0.3) is 11.4 Å². The van der Waals surface area contributed by atoms with E-state index < -0.39 is 0 Å². The molecule has 0 saturated heterocycles. The van der Waals surface area contributed by atoms with Crippen LogP contribution in [0.5, 0.6) is 11.5 Å². The summed E-state index contributed by atoms with van der Waals surface area (Å²) in [5.41, 5.74) is 1.75. The van der Waals surface area contributed by atoms with E-state index in [0.29, 0.717) is 22.5 Å². The van der Waals surface area contributed by atoms with E-state index in [-0.39, 0.29) is 0 Å². The summed E-state index contributed by atoms with van der Waals surface area (Å²) in [5, 5.41) is 0.467. The van der Waals surface area contributed by atoms with Gasteiger partial charge in [-0.3, -0.25) is 0 Å². The van der Waals surface area contributed by atoms with Crippen molar-refractivity contribution in [3.63, 3.8) is 0 Å². The van der Waals surface area contributed by atoms with E-state index in [4.69, 9.17) is 21.1 Å². The van der Waals surface area contributed by atoms with Crippen molar-refractivity contribution in [2.24, 2.45) is 0 Å². The molecular formula is C14H14ClIN2O2. The van der Waals surface area contributed by atoms with Crippen molar-refractivity contribution in [1.29, 1.82) is 0 Å². The van der Waals surface area contributed by atoms with Crippen molar-refractivity contribution in [3.8, 4) is 22.9 Å². The average Bonchev–Trinajstić information content (AvgIpc) is 2.49. The van der Waals surface area contributed by atoms with Gasteiger partial charge in [-0.05, 0) is 41.1 Å². The minimum atomic E-state index is 0.467. The zero-order chi connectivity index (χ0) is 14.7. The molecule has 0 bridgehead atoms. The molecule has 0 spiro atoms. The molecule has 0 saturated carbocycles. The molecule has 106 valence electrons. The first-order chi connectivity index (χ1) is 9.58. The highest BCUT2D eigenvalue weighted by atomic mass is 127. The van der Waals surface area contributed by atoms with Crippen molar-refractivity contribution in [3.05, 3.63) is 32.6 Å². The Kier molecular flexibility index (Phi) is 5.04. The lowest BCUT2D eigenvalue weighted by Gasteiger charge is -2.10. The third kappa shape index (κ3) is 3.15. The molecule has 0 N–H and O–H groups in total. The topological polar surface area (TPSA) is 44.2 Å². The van der Waals surface area contributed by atoms with Gasteiger partial charge in [0.05, 0.1) is 23.5 Å². The van der Waals surface area contributed by atoms with Crippen LogP contribution in [0.2, 0.25) is 5.15 Å². The first-order valence-corrected chi connectivity index (χ1v) is 7.50. The SMILES string of the molecule is CCc1nc(-c2cc(OC)cc(OC)c2)nc(Cl)c1I. The molecule has 2 rings (SSSR count). The summed E-state index contributed by atoms with van der Waals surface area (Å²) in [7, 11) is 3.22. The predicted molar refractivity (Wildman–Crippen MR) is 87.7 cm³/mol. The molecule has 0 fully saturated rings. The van der Waals surface area contributed by atoms with Crippen LogP contribution < -0.4 is 9.47 Å². The van der Waals surface area contributed by atoms with Gasteiger partial charge in [0.15, 0.2) is 5.82 Å². The first kappa shape index (κ1) is 15.3. The lowest BCUT2D eigenvalue weighted by molar-refractivity contribution is 0.394. The van der Waals surface area contributed by atoms with Crippen LogP contribution in [-0.2, 0) is 6.42 Å². The van der Waals surface area contributed by atoms with Crippen molar-refractivity contribution in [2.75, 3.05) is 14.2 Å². The summed E-state index contributed by atoms with van der Waals surface area (Å²) in [6.07, 6.45) is 0.800. The Morgan fingerprint density at radius 2 is 1.70 bits per heavy atom. The molecule has 1 heterocycles. The van der Waals surface area contributed by atoms with Crippen LogP contribution in [0.4, 0.5) is 0 Å². The van der Waals surface area contributed by atoms with E-state index in [0.717, 1.165) is 21.2 Å². The molecular weight excluding hydrogens is 391 g/mol. The minimum Gasteiger partial charge on any atom is -0.497 e. The predicted octanol–water partition coefficient (Wildman–Crippen LogP) is 3.98. The molecule has 0 aliphatic rings. The lowest BCUT2D eigenvalue weighted by Crippen LogP contribution is -2.00. The number of aryl methyl sites for hydroxylation is 1. The molecule has 4 nitrogen and oxygen atoms in total. The normalized spacial score (nSPS) is 10.4. The number of rotatable bonds is 4. The number of methoxy groups -OCH3 is 2. The van der Waals surface area contributed by atoms with E-state index in [1.165, 1.54) is 0 Å². The van der Waals surface area contributed by atoms with E-state index in [1.807, 2.05) is 19.1 Å². The van der Waals surface area contributed by atoms with Crippen molar-refractivity contribution < 1.29 is 9.47 Å². The van der Waals surface area contributed by atoms with Crippen LogP contribution in [0, 0.1) is 3.57 Å². The smallest absolute Gasteiger partial charge is 0.161 e. The molecule has 0 aliphatic heterocycles. The first-order valence-electron chi connectivity index (χ1n) is 6.04. The van der Waals surface area contributed by atoms with Gasteiger partial charge in [-0.1, -0.05) is 18.5 Å². The van der Waals surface area contributed by atoms with E-state index in [9.17, 15) is 0 Å². The summed E-state index contributed by atoms with van der Waals surface area (Å²) < 4.78 is 11.4. The second-order valence-corrected chi connectivity index (χ2v) is 5.49. The fourth-order valence-electron chi connectivity index (χ4n) is 1.76. The van der Waals surface area contributed by atoms with Crippen LogP contribution >= 0.6 is 34.2 Å². The molecule has 20 heavy (non-hydrogen) atoms. The van der Waals surface area contributed by atoms with Gasteiger partial charge < -0.3 is 9.47 Å². The van der Waals surface area contributed by atoms with E-state index in [2.05, 4.69) is 32.6 Å². The highest BCUT2D eigenvalue weighted by molar-refractivity contribution is 14.1. The third-order valence-electron chi connectivity index (χ3n) is 2.82. The number of hydrogen-bond donors (Lipinski definition) is 0. The average molecular weight is 405 g/mol. The van der Waals surface area contributed by atoms with E-state index in [1.54, 1.807) is 20.3 Å². The number of aromatic nitrogens is 2. The van der Waals surface area contributed by atoms with Crippen molar-refractivity contribution in [2.45, 2.75) is 13.3 Å². The highest BCUT2D eigenvalue weighted by Gasteiger charge is 2.12. The summed E-state index contributed by atoms with van der Waals surface area (Å²) in [6.45, 7) is 2.04. The molecule has 2 aromatic rings. The number of benzene rings is 1. The minimum absolute atomic E-state index is 0.467. The Labute approximate surface area is 136 Å². The van der Waals surface area contributed by atoms with Crippen LogP contribution in [0.1, 0.15) is 12.6 Å². The van der Waals surface area contributed by atoms with Gasteiger partial charge in [0.2, 0.25) is 0 Å². The van der Waals surface area contributed by atoms with Gasteiger partial charge in [0, 0.05) is 11.6 Å².